The van der Waals surface area contributed by atoms with Gasteiger partial charge in [0.05, 0.1) is 12.8 Å². The highest BCUT2D eigenvalue weighted by Gasteiger charge is 2.15. The summed E-state index contributed by atoms with van der Waals surface area (Å²) in [6, 6.07) is 6.91. The number of carbonyl (C=O) groups is 1. The minimum atomic E-state index is -0.486. The molecule has 0 atom stereocenters. The highest BCUT2D eigenvalue weighted by atomic mass is 35.5. The van der Waals surface area contributed by atoms with Gasteiger partial charge in [-0.15, -0.1) is 0 Å². The van der Waals surface area contributed by atoms with Crippen LogP contribution in [0, 0.1) is 23.2 Å². The molecule has 1 aromatic rings. The molecule has 0 saturated heterocycles. The number of carbonyl (C=O) groups excluding carboxylic acids is 1. The first-order valence-electron chi connectivity index (χ1n) is 8.27. The molecule has 25 heavy (non-hydrogen) atoms. The molecule has 1 aromatic carbocycles. The van der Waals surface area contributed by atoms with Crippen LogP contribution in [0.5, 0.6) is 5.75 Å². The number of nitrogens with one attached hydrogen (secondary N) is 1. The molecule has 0 aromatic heterocycles. The zero-order valence-electron chi connectivity index (χ0n) is 15.5. The number of rotatable bonds is 8. The Balaban J connectivity index is 3.02. The van der Waals surface area contributed by atoms with Crippen LogP contribution in [0.25, 0.3) is 0 Å². The smallest absolute Gasteiger partial charge is 0.267 e. The highest BCUT2D eigenvalue weighted by molar-refractivity contribution is 6.31. The number of nitriles is 1. The van der Waals surface area contributed by atoms with E-state index >= 15 is 0 Å². The SMILES string of the molecule is COc1ccc(Cl)cc1NC(=O)/C(C#N)=C\N(CC(C)C)CC(C)C. The van der Waals surface area contributed by atoms with Crippen molar-refractivity contribution in [3.8, 4) is 11.8 Å². The molecule has 136 valence electrons. The molecule has 0 unspecified atom stereocenters. The largest absolute Gasteiger partial charge is 0.495 e. The lowest BCUT2D eigenvalue weighted by molar-refractivity contribution is -0.112. The van der Waals surface area contributed by atoms with Crippen LogP contribution in [0.15, 0.2) is 30.0 Å². The molecule has 1 amide bonds. The van der Waals surface area contributed by atoms with Crippen LogP contribution in [-0.4, -0.2) is 31.0 Å². The van der Waals surface area contributed by atoms with Gasteiger partial charge in [0.1, 0.15) is 17.4 Å². The first-order valence-corrected chi connectivity index (χ1v) is 8.65. The van der Waals surface area contributed by atoms with Gasteiger partial charge in [0.2, 0.25) is 0 Å². The highest BCUT2D eigenvalue weighted by Crippen LogP contribution is 2.28. The minimum absolute atomic E-state index is 0.0447. The standard InChI is InChI=1S/C19H26ClN3O2/c1-13(2)10-23(11-14(3)4)12-15(9-21)19(24)22-17-8-16(20)6-7-18(17)25-5/h6-8,12-14H,10-11H2,1-5H3,(H,22,24)/b15-12-. The zero-order chi connectivity index (χ0) is 19.0. The number of benzene rings is 1. The summed E-state index contributed by atoms with van der Waals surface area (Å²) in [5, 5.41) is 12.6. The summed E-state index contributed by atoms with van der Waals surface area (Å²) in [4.78, 5) is 14.5. The molecule has 0 aliphatic rings. The van der Waals surface area contributed by atoms with Crippen LogP contribution in [0.4, 0.5) is 5.69 Å². The average molecular weight is 364 g/mol. The van der Waals surface area contributed by atoms with Crippen molar-refractivity contribution in [1.82, 2.24) is 4.90 Å². The van der Waals surface area contributed by atoms with Crippen molar-refractivity contribution in [2.75, 3.05) is 25.5 Å². The number of hydrogen-bond donors (Lipinski definition) is 1. The lowest BCUT2D eigenvalue weighted by atomic mass is 10.1. The lowest BCUT2D eigenvalue weighted by Crippen LogP contribution is -2.28. The summed E-state index contributed by atoms with van der Waals surface area (Å²) in [6.45, 7) is 9.96. The number of ether oxygens (including phenoxy) is 1. The second-order valence-corrected chi connectivity index (χ2v) is 7.13. The van der Waals surface area contributed by atoms with Crippen molar-refractivity contribution in [3.05, 3.63) is 35.0 Å². The maximum Gasteiger partial charge on any atom is 0.267 e. The van der Waals surface area contributed by atoms with Crippen LogP contribution in [0.1, 0.15) is 27.7 Å². The molecule has 0 radical (unpaired) electrons. The predicted molar refractivity (Wildman–Crippen MR) is 102 cm³/mol. The molecule has 0 aliphatic heterocycles. The molecular formula is C19H26ClN3O2. The molecule has 1 rings (SSSR count). The Labute approximate surface area is 155 Å². The molecule has 0 spiro atoms. The number of methoxy groups -OCH3 is 1. The van der Waals surface area contributed by atoms with Crippen LogP contribution in [-0.2, 0) is 4.79 Å². The van der Waals surface area contributed by atoms with Crippen LogP contribution in [0.2, 0.25) is 5.02 Å². The second kappa shape index (κ2) is 9.95. The first kappa shape index (κ1) is 20.9. The lowest BCUT2D eigenvalue weighted by Gasteiger charge is -2.25. The van der Waals surface area contributed by atoms with E-state index in [1.165, 1.54) is 7.11 Å². The van der Waals surface area contributed by atoms with Gasteiger partial charge in [-0.2, -0.15) is 5.26 Å². The van der Waals surface area contributed by atoms with E-state index in [1.54, 1.807) is 24.4 Å². The molecular weight excluding hydrogens is 338 g/mol. The summed E-state index contributed by atoms with van der Waals surface area (Å²) < 4.78 is 5.21. The van der Waals surface area contributed by atoms with Gasteiger partial charge in [-0.1, -0.05) is 39.3 Å². The van der Waals surface area contributed by atoms with E-state index in [0.29, 0.717) is 28.3 Å². The Hall–Kier alpha value is -2.19. The van der Waals surface area contributed by atoms with Crippen molar-refractivity contribution in [2.24, 2.45) is 11.8 Å². The van der Waals surface area contributed by atoms with Gasteiger partial charge in [-0.3, -0.25) is 4.79 Å². The summed E-state index contributed by atoms with van der Waals surface area (Å²) in [5.74, 6) is 0.842. The third-order valence-corrected chi connectivity index (χ3v) is 3.52. The molecule has 0 heterocycles. The fraction of sp³-hybridized carbons (Fsp3) is 0.474. The Kier molecular flexibility index (Phi) is 8.30. The van der Waals surface area contributed by atoms with Gasteiger partial charge in [-0.05, 0) is 30.0 Å². The maximum absolute atomic E-state index is 12.5. The van der Waals surface area contributed by atoms with E-state index in [9.17, 15) is 10.1 Å². The Morgan fingerprint density at radius 3 is 2.40 bits per heavy atom. The normalized spacial score (nSPS) is 11.4. The fourth-order valence-corrected chi connectivity index (χ4v) is 2.58. The maximum atomic E-state index is 12.5. The summed E-state index contributed by atoms with van der Waals surface area (Å²) >= 11 is 5.97. The van der Waals surface area contributed by atoms with Gasteiger partial charge < -0.3 is 15.0 Å². The fourth-order valence-electron chi connectivity index (χ4n) is 2.41. The van der Waals surface area contributed by atoms with E-state index in [1.807, 2.05) is 11.0 Å². The summed E-state index contributed by atoms with van der Waals surface area (Å²) in [7, 11) is 1.51. The zero-order valence-corrected chi connectivity index (χ0v) is 16.2. The van der Waals surface area contributed by atoms with E-state index in [0.717, 1.165) is 13.1 Å². The summed E-state index contributed by atoms with van der Waals surface area (Å²) in [6.07, 6.45) is 1.63. The second-order valence-electron chi connectivity index (χ2n) is 6.69. The van der Waals surface area contributed by atoms with Crippen molar-refractivity contribution < 1.29 is 9.53 Å². The number of nitrogens with zero attached hydrogens (tertiary/aromatic N) is 2. The quantitative estimate of drug-likeness (QED) is 0.552. The Morgan fingerprint density at radius 2 is 1.92 bits per heavy atom. The average Bonchev–Trinajstić information content (AvgIpc) is 2.51. The van der Waals surface area contributed by atoms with Gasteiger partial charge in [0.15, 0.2) is 0 Å². The number of halogens is 1. The van der Waals surface area contributed by atoms with Crippen LogP contribution >= 0.6 is 11.6 Å². The molecule has 0 saturated carbocycles. The molecule has 1 N–H and O–H groups in total. The third kappa shape index (κ3) is 7.06. The summed E-state index contributed by atoms with van der Waals surface area (Å²) in [5.41, 5.74) is 0.476. The van der Waals surface area contributed by atoms with Crippen molar-refractivity contribution in [1.29, 1.82) is 5.26 Å². The van der Waals surface area contributed by atoms with E-state index < -0.39 is 5.91 Å². The molecule has 0 bridgehead atoms. The third-order valence-electron chi connectivity index (χ3n) is 3.29. The first-order chi connectivity index (χ1) is 11.8. The number of hydrogen-bond acceptors (Lipinski definition) is 4. The van der Waals surface area contributed by atoms with E-state index in [2.05, 4.69) is 33.0 Å². The Morgan fingerprint density at radius 1 is 1.32 bits per heavy atom. The minimum Gasteiger partial charge on any atom is -0.495 e. The number of anilines is 1. The van der Waals surface area contributed by atoms with Crippen molar-refractivity contribution in [2.45, 2.75) is 27.7 Å². The topological polar surface area (TPSA) is 65.4 Å². The van der Waals surface area contributed by atoms with Crippen molar-refractivity contribution in [3.63, 3.8) is 0 Å². The van der Waals surface area contributed by atoms with Crippen LogP contribution < -0.4 is 10.1 Å². The molecule has 0 aliphatic carbocycles. The van der Waals surface area contributed by atoms with Gasteiger partial charge in [-0.25, -0.2) is 0 Å². The molecule has 0 fully saturated rings. The molecule has 5 nitrogen and oxygen atoms in total. The monoisotopic (exact) mass is 363 g/mol. The van der Waals surface area contributed by atoms with Gasteiger partial charge >= 0.3 is 0 Å². The number of amides is 1. The Bertz CT molecular complexity index is 653. The van der Waals surface area contributed by atoms with Gasteiger partial charge in [0, 0.05) is 24.3 Å². The van der Waals surface area contributed by atoms with E-state index in [4.69, 9.17) is 16.3 Å². The van der Waals surface area contributed by atoms with Crippen molar-refractivity contribution >= 4 is 23.2 Å². The molecule has 6 heteroatoms. The van der Waals surface area contributed by atoms with Gasteiger partial charge in [0.25, 0.3) is 5.91 Å². The van der Waals surface area contributed by atoms with E-state index in [-0.39, 0.29) is 5.57 Å². The van der Waals surface area contributed by atoms with Crippen LogP contribution in [0.3, 0.4) is 0 Å². The predicted octanol–water partition coefficient (Wildman–Crippen LogP) is 4.31.